The van der Waals surface area contributed by atoms with Crippen LogP contribution in [-0.4, -0.2) is 15.0 Å². The first-order valence-electron chi connectivity index (χ1n) is 7.61. The molecule has 3 rings (SSSR count). The number of rotatable bonds is 4. The molecule has 0 spiro atoms. The molecule has 0 unspecified atom stereocenters. The molecule has 1 aliphatic rings. The lowest BCUT2D eigenvalue weighted by atomic mass is 10.0. The molecule has 2 aromatic carbocycles. The fraction of sp³-hybridized carbons (Fsp3) is 0.278. The van der Waals surface area contributed by atoms with Crippen LogP contribution in [0, 0.1) is 25.2 Å². The molecule has 124 valence electrons. The Bertz CT molecular complexity index is 930. The van der Waals surface area contributed by atoms with E-state index in [4.69, 9.17) is 10.00 Å². The van der Waals surface area contributed by atoms with E-state index in [2.05, 4.69) is 4.72 Å². The van der Waals surface area contributed by atoms with E-state index < -0.39 is 10.0 Å². The number of nitriles is 1. The summed E-state index contributed by atoms with van der Waals surface area (Å²) in [6.45, 7) is 4.26. The molecule has 1 N–H and O–H groups in total. The van der Waals surface area contributed by atoms with Crippen LogP contribution in [-0.2, 0) is 15.8 Å². The second-order valence-electron chi connectivity index (χ2n) is 5.98. The molecule has 1 aliphatic heterocycles. The van der Waals surface area contributed by atoms with Crippen molar-refractivity contribution in [3.8, 4) is 11.8 Å². The van der Waals surface area contributed by atoms with Gasteiger partial charge in [0.15, 0.2) is 0 Å². The quantitative estimate of drug-likeness (QED) is 0.926. The van der Waals surface area contributed by atoms with Crippen molar-refractivity contribution in [3.05, 3.63) is 64.2 Å². The second-order valence-corrected chi connectivity index (χ2v) is 7.73. The van der Waals surface area contributed by atoms with Gasteiger partial charge in [0.05, 0.1) is 23.4 Å². The van der Waals surface area contributed by atoms with E-state index in [1.807, 2.05) is 32.0 Å². The molecule has 5 nitrogen and oxygen atoms in total. The molecule has 0 aromatic heterocycles. The number of hydrogen-bond acceptors (Lipinski definition) is 4. The summed E-state index contributed by atoms with van der Waals surface area (Å²) in [4.78, 5) is 0. The number of nitrogens with zero attached hydrogens (tertiary/aromatic N) is 1. The SMILES string of the molecule is Cc1ccc2c(c1C)OC[C@H]2NS(=O)(=O)Cc1cccc(C#N)c1. The molecule has 0 radical (unpaired) electrons. The average molecular weight is 342 g/mol. The first-order valence-corrected chi connectivity index (χ1v) is 9.27. The second kappa shape index (κ2) is 6.27. The van der Waals surface area contributed by atoms with Crippen LogP contribution in [0.25, 0.3) is 0 Å². The summed E-state index contributed by atoms with van der Waals surface area (Å²) in [7, 11) is -3.55. The molecule has 0 saturated carbocycles. The lowest BCUT2D eigenvalue weighted by Crippen LogP contribution is -2.30. The largest absolute Gasteiger partial charge is 0.491 e. The number of benzene rings is 2. The highest BCUT2D eigenvalue weighted by Crippen LogP contribution is 2.37. The van der Waals surface area contributed by atoms with Gasteiger partial charge in [-0.3, -0.25) is 0 Å². The lowest BCUT2D eigenvalue weighted by Gasteiger charge is -2.13. The van der Waals surface area contributed by atoms with E-state index in [0.29, 0.717) is 11.1 Å². The summed E-state index contributed by atoms with van der Waals surface area (Å²) >= 11 is 0. The van der Waals surface area contributed by atoms with Gasteiger partial charge >= 0.3 is 0 Å². The first kappa shape index (κ1) is 16.5. The highest BCUT2D eigenvalue weighted by atomic mass is 32.2. The predicted octanol–water partition coefficient (Wildman–Crippen LogP) is 2.73. The van der Waals surface area contributed by atoms with E-state index in [0.717, 1.165) is 22.4 Å². The third-order valence-electron chi connectivity index (χ3n) is 4.21. The van der Waals surface area contributed by atoms with Gasteiger partial charge in [0.2, 0.25) is 10.0 Å². The van der Waals surface area contributed by atoms with Crippen molar-refractivity contribution in [1.29, 1.82) is 5.26 Å². The predicted molar refractivity (Wildman–Crippen MR) is 91.1 cm³/mol. The summed E-state index contributed by atoms with van der Waals surface area (Å²) in [6, 6.07) is 12.1. The van der Waals surface area contributed by atoms with E-state index in [1.165, 1.54) is 0 Å². The van der Waals surface area contributed by atoms with Crippen LogP contribution in [0.5, 0.6) is 5.75 Å². The molecule has 2 aromatic rings. The fourth-order valence-electron chi connectivity index (χ4n) is 2.84. The first-order chi connectivity index (χ1) is 11.4. The van der Waals surface area contributed by atoms with Crippen molar-refractivity contribution in [2.45, 2.75) is 25.6 Å². The molecule has 0 bridgehead atoms. The van der Waals surface area contributed by atoms with Gasteiger partial charge in [-0.25, -0.2) is 13.1 Å². The maximum absolute atomic E-state index is 12.5. The fourth-order valence-corrected chi connectivity index (χ4v) is 4.17. The van der Waals surface area contributed by atoms with Gasteiger partial charge < -0.3 is 4.74 Å². The highest BCUT2D eigenvalue weighted by molar-refractivity contribution is 7.88. The Hall–Kier alpha value is -2.36. The Morgan fingerprint density at radius 2 is 2.08 bits per heavy atom. The van der Waals surface area contributed by atoms with Crippen molar-refractivity contribution in [3.63, 3.8) is 0 Å². The third-order valence-corrected chi connectivity index (χ3v) is 5.57. The third kappa shape index (κ3) is 3.28. The van der Waals surface area contributed by atoms with Crippen molar-refractivity contribution in [2.24, 2.45) is 0 Å². The van der Waals surface area contributed by atoms with Gasteiger partial charge in [-0.15, -0.1) is 0 Å². The molecular formula is C18H18N2O3S. The minimum absolute atomic E-state index is 0.167. The number of nitrogens with one attached hydrogen (secondary N) is 1. The Labute approximate surface area is 141 Å². The summed E-state index contributed by atoms with van der Waals surface area (Å²) in [5.41, 5.74) is 4.05. The van der Waals surface area contributed by atoms with Crippen LogP contribution in [0.1, 0.15) is 33.9 Å². The summed E-state index contributed by atoms with van der Waals surface area (Å²) in [6.07, 6.45) is 0. The smallest absolute Gasteiger partial charge is 0.216 e. The van der Waals surface area contributed by atoms with Crippen molar-refractivity contribution >= 4 is 10.0 Å². The zero-order valence-electron chi connectivity index (χ0n) is 13.5. The van der Waals surface area contributed by atoms with E-state index in [-0.39, 0.29) is 18.4 Å². The molecular weight excluding hydrogens is 324 g/mol. The Balaban J connectivity index is 1.80. The van der Waals surface area contributed by atoms with Crippen LogP contribution in [0.3, 0.4) is 0 Å². The normalized spacial score (nSPS) is 16.3. The molecule has 0 aliphatic carbocycles. The van der Waals surface area contributed by atoms with Crippen molar-refractivity contribution in [2.75, 3.05) is 6.61 Å². The zero-order valence-corrected chi connectivity index (χ0v) is 14.4. The number of sulfonamides is 1. The summed E-state index contributed by atoms with van der Waals surface area (Å²) in [5.74, 6) is 0.605. The summed E-state index contributed by atoms with van der Waals surface area (Å²) < 4.78 is 33.3. The number of ether oxygens (including phenoxy) is 1. The van der Waals surface area contributed by atoms with Crippen molar-refractivity contribution in [1.82, 2.24) is 4.72 Å². The van der Waals surface area contributed by atoms with Crippen molar-refractivity contribution < 1.29 is 13.2 Å². The standard InChI is InChI=1S/C18H18N2O3S/c1-12-6-7-16-17(10-23-18(16)13(12)2)20-24(21,22)11-15-5-3-4-14(8-15)9-19/h3-8,17,20H,10-11H2,1-2H3/t17-/m1/s1. The zero-order chi connectivity index (χ0) is 17.3. The van der Waals surface area contributed by atoms with Gasteiger partial charge in [0, 0.05) is 5.56 Å². The number of hydrogen-bond donors (Lipinski definition) is 1. The Morgan fingerprint density at radius 1 is 1.29 bits per heavy atom. The molecule has 0 saturated heterocycles. The molecule has 1 heterocycles. The topological polar surface area (TPSA) is 79.2 Å². The molecule has 6 heteroatoms. The van der Waals surface area contributed by atoms with Gasteiger partial charge in [0.1, 0.15) is 12.4 Å². The number of fused-ring (bicyclic) bond motifs is 1. The number of aryl methyl sites for hydroxylation is 1. The van der Waals surface area contributed by atoms with Gasteiger partial charge in [-0.2, -0.15) is 5.26 Å². The summed E-state index contributed by atoms with van der Waals surface area (Å²) in [5, 5.41) is 8.92. The van der Waals surface area contributed by atoms with Crippen LogP contribution in [0.15, 0.2) is 36.4 Å². The van der Waals surface area contributed by atoms with Crippen LogP contribution < -0.4 is 9.46 Å². The molecule has 1 atom stereocenters. The van der Waals surface area contributed by atoms with Crippen LogP contribution >= 0.6 is 0 Å². The average Bonchev–Trinajstić information content (AvgIpc) is 2.93. The van der Waals surface area contributed by atoms with Gasteiger partial charge in [-0.1, -0.05) is 24.3 Å². The van der Waals surface area contributed by atoms with Crippen LogP contribution in [0.2, 0.25) is 0 Å². The van der Waals surface area contributed by atoms with E-state index in [1.54, 1.807) is 24.3 Å². The van der Waals surface area contributed by atoms with E-state index >= 15 is 0 Å². The Kier molecular flexibility index (Phi) is 4.31. The molecule has 0 amide bonds. The Morgan fingerprint density at radius 3 is 2.83 bits per heavy atom. The minimum Gasteiger partial charge on any atom is -0.491 e. The maximum atomic E-state index is 12.5. The van der Waals surface area contributed by atoms with Gasteiger partial charge in [0.25, 0.3) is 0 Å². The van der Waals surface area contributed by atoms with Gasteiger partial charge in [-0.05, 0) is 42.7 Å². The lowest BCUT2D eigenvalue weighted by molar-refractivity contribution is 0.323. The highest BCUT2D eigenvalue weighted by Gasteiger charge is 2.29. The molecule has 24 heavy (non-hydrogen) atoms. The minimum atomic E-state index is -3.55. The molecule has 0 fully saturated rings. The maximum Gasteiger partial charge on any atom is 0.216 e. The van der Waals surface area contributed by atoms with E-state index in [9.17, 15) is 8.42 Å². The monoisotopic (exact) mass is 342 g/mol. The van der Waals surface area contributed by atoms with Crippen LogP contribution in [0.4, 0.5) is 0 Å².